The van der Waals surface area contributed by atoms with Gasteiger partial charge in [-0.1, -0.05) is 12.1 Å². The van der Waals surface area contributed by atoms with Gasteiger partial charge in [0.15, 0.2) is 0 Å². The van der Waals surface area contributed by atoms with Gasteiger partial charge in [-0.25, -0.2) is 9.78 Å². The van der Waals surface area contributed by atoms with Gasteiger partial charge < -0.3 is 14.4 Å². The van der Waals surface area contributed by atoms with Crippen molar-refractivity contribution in [2.45, 2.75) is 46.0 Å². The number of benzene rings is 2. The Labute approximate surface area is 198 Å². The third kappa shape index (κ3) is 4.40. The zero-order chi connectivity index (χ0) is 24.8. The number of aliphatic carboxylic acids is 1. The number of thiazole rings is 1. The van der Waals surface area contributed by atoms with Crippen LogP contribution < -0.4 is 4.74 Å². The number of carboxylic acid groups (broad SMARTS) is 1. The molecule has 0 amide bonds. The average Bonchev–Trinajstić information content (AvgIpc) is 3.30. The van der Waals surface area contributed by atoms with Crippen molar-refractivity contribution >= 4 is 28.2 Å². The molecule has 2 aromatic heterocycles. The molecular formula is C25H23F3N2O3S. The lowest BCUT2D eigenvalue weighted by Crippen LogP contribution is -2.36. The van der Waals surface area contributed by atoms with Gasteiger partial charge in [0.05, 0.1) is 16.1 Å². The van der Waals surface area contributed by atoms with Crippen LogP contribution in [-0.2, 0) is 23.1 Å². The Balaban J connectivity index is 1.53. The zero-order valence-electron chi connectivity index (χ0n) is 19.0. The lowest BCUT2D eigenvalue weighted by atomic mass is 10.1. The number of nitrogens with zero attached hydrogens (tertiary/aromatic N) is 2. The summed E-state index contributed by atoms with van der Waals surface area (Å²) in [5.41, 5.74) is 1.22. The molecule has 0 saturated carbocycles. The number of hydrogen-bond donors (Lipinski definition) is 1. The highest BCUT2D eigenvalue weighted by molar-refractivity contribution is 7.15. The predicted octanol–water partition coefficient (Wildman–Crippen LogP) is 6.80. The molecule has 0 aliphatic rings. The quantitative estimate of drug-likeness (QED) is 0.324. The second kappa shape index (κ2) is 8.47. The molecule has 0 spiro atoms. The molecule has 178 valence electrons. The van der Waals surface area contributed by atoms with Crippen molar-refractivity contribution < 1.29 is 27.8 Å². The number of aryl methyl sites for hydroxylation is 2. The van der Waals surface area contributed by atoms with Crippen LogP contribution in [0.25, 0.3) is 21.5 Å². The monoisotopic (exact) mass is 488 g/mol. The number of fused-ring (bicyclic) bond motifs is 1. The standard InChI is InChI=1S/C25H23F3N2O3S/c1-14-11-17-12-19(9-10-20(17)30(14)24(3,4)23(31)32)33-13-21-15(2)29-22(34-21)16-5-7-18(8-6-16)25(26,27)28/h5-12H,13H2,1-4H3,(H,31,32). The number of carboxylic acids is 1. The maximum absolute atomic E-state index is 12.8. The van der Waals surface area contributed by atoms with E-state index in [1.807, 2.05) is 32.0 Å². The van der Waals surface area contributed by atoms with Crippen molar-refractivity contribution in [3.63, 3.8) is 0 Å². The van der Waals surface area contributed by atoms with Crippen LogP contribution in [0.5, 0.6) is 5.75 Å². The van der Waals surface area contributed by atoms with Crippen LogP contribution in [0.3, 0.4) is 0 Å². The topological polar surface area (TPSA) is 64.4 Å². The van der Waals surface area contributed by atoms with Crippen LogP contribution in [0.15, 0.2) is 48.5 Å². The molecule has 0 aliphatic heterocycles. The lowest BCUT2D eigenvalue weighted by molar-refractivity contribution is -0.145. The number of aromatic nitrogens is 2. The summed E-state index contributed by atoms with van der Waals surface area (Å²) in [6, 6.07) is 12.4. The van der Waals surface area contributed by atoms with E-state index in [0.717, 1.165) is 39.3 Å². The van der Waals surface area contributed by atoms with E-state index in [-0.39, 0.29) is 6.61 Å². The summed E-state index contributed by atoms with van der Waals surface area (Å²) >= 11 is 1.38. The van der Waals surface area contributed by atoms with Crippen LogP contribution in [0.4, 0.5) is 13.2 Å². The van der Waals surface area contributed by atoms with E-state index in [4.69, 9.17) is 4.74 Å². The molecule has 1 N–H and O–H groups in total. The molecule has 0 unspecified atom stereocenters. The number of halogens is 3. The van der Waals surface area contributed by atoms with Crippen LogP contribution >= 0.6 is 11.3 Å². The Morgan fingerprint density at radius 2 is 1.76 bits per heavy atom. The van der Waals surface area contributed by atoms with Crippen molar-refractivity contribution in [1.82, 2.24) is 9.55 Å². The SMILES string of the molecule is Cc1nc(-c2ccc(C(F)(F)F)cc2)sc1COc1ccc2c(c1)cc(C)n2C(C)(C)C(=O)O. The van der Waals surface area contributed by atoms with Gasteiger partial charge in [-0.2, -0.15) is 13.2 Å². The molecule has 0 fully saturated rings. The average molecular weight is 489 g/mol. The third-order valence-electron chi connectivity index (χ3n) is 5.76. The molecule has 4 aromatic rings. The Kier molecular flexibility index (Phi) is 5.93. The van der Waals surface area contributed by atoms with Gasteiger partial charge in [0.1, 0.15) is 22.9 Å². The molecule has 0 aliphatic carbocycles. The Morgan fingerprint density at radius 1 is 1.09 bits per heavy atom. The van der Waals surface area contributed by atoms with Gasteiger partial charge in [-0.3, -0.25) is 0 Å². The molecule has 0 radical (unpaired) electrons. The van der Waals surface area contributed by atoms with E-state index in [2.05, 4.69) is 4.98 Å². The largest absolute Gasteiger partial charge is 0.488 e. The van der Waals surface area contributed by atoms with Crippen molar-refractivity contribution in [3.05, 3.63) is 70.4 Å². The highest BCUT2D eigenvalue weighted by Crippen LogP contribution is 2.34. The fraction of sp³-hybridized carbons (Fsp3) is 0.280. The van der Waals surface area contributed by atoms with Crippen molar-refractivity contribution in [2.75, 3.05) is 0 Å². The molecule has 4 rings (SSSR count). The zero-order valence-corrected chi connectivity index (χ0v) is 19.8. The van der Waals surface area contributed by atoms with Crippen LogP contribution in [0, 0.1) is 13.8 Å². The van der Waals surface area contributed by atoms with Crippen molar-refractivity contribution in [2.24, 2.45) is 0 Å². The summed E-state index contributed by atoms with van der Waals surface area (Å²) in [5, 5.41) is 11.1. The molecule has 9 heteroatoms. The predicted molar refractivity (Wildman–Crippen MR) is 125 cm³/mol. The lowest BCUT2D eigenvalue weighted by Gasteiger charge is -2.25. The molecule has 5 nitrogen and oxygen atoms in total. The first kappa shape index (κ1) is 23.8. The maximum Gasteiger partial charge on any atom is 0.416 e. The minimum Gasteiger partial charge on any atom is -0.488 e. The van der Waals surface area contributed by atoms with E-state index >= 15 is 0 Å². The van der Waals surface area contributed by atoms with Crippen LogP contribution in [0.2, 0.25) is 0 Å². The Morgan fingerprint density at radius 3 is 2.38 bits per heavy atom. The summed E-state index contributed by atoms with van der Waals surface area (Å²) in [6.07, 6.45) is -4.37. The van der Waals surface area contributed by atoms with E-state index in [9.17, 15) is 23.1 Å². The first-order chi connectivity index (χ1) is 15.9. The molecule has 2 aromatic carbocycles. The maximum atomic E-state index is 12.8. The highest BCUT2D eigenvalue weighted by atomic mass is 32.1. The second-order valence-corrected chi connectivity index (χ2v) is 9.68. The second-order valence-electron chi connectivity index (χ2n) is 8.60. The minimum atomic E-state index is -4.37. The van der Waals surface area contributed by atoms with Gasteiger partial charge >= 0.3 is 12.1 Å². The molecule has 0 saturated heterocycles. The van der Waals surface area contributed by atoms with Gasteiger partial charge in [-0.15, -0.1) is 11.3 Å². The number of hydrogen-bond acceptors (Lipinski definition) is 4. The molecule has 2 heterocycles. The summed E-state index contributed by atoms with van der Waals surface area (Å²) in [6.45, 7) is 7.29. The smallest absolute Gasteiger partial charge is 0.416 e. The number of ether oxygens (including phenoxy) is 1. The summed E-state index contributed by atoms with van der Waals surface area (Å²) in [4.78, 5) is 17.1. The van der Waals surface area contributed by atoms with E-state index in [0.29, 0.717) is 16.3 Å². The molecule has 0 bridgehead atoms. The van der Waals surface area contributed by atoms with Gasteiger partial charge in [0.25, 0.3) is 0 Å². The number of carbonyl (C=O) groups is 1. The molecule has 0 atom stereocenters. The number of rotatable bonds is 6. The van der Waals surface area contributed by atoms with Crippen molar-refractivity contribution in [3.8, 4) is 16.3 Å². The van der Waals surface area contributed by atoms with Crippen LogP contribution in [0.1, 0.15) is 35.7 Å². The summed E-state index contributed by atoms with van der Waals surface area (Å²) in [7, 11) is 0. The van der Waals surface area contributed by atoms with Crippen molar-refractivity contribution in [1.29, 1.82) is 0 Å². The van der Waals surface area contributed by atoms with E-state index in [1.54, 1.807) is 24.5 Å². The fourth-order valence-corrected chi connectivity index (χ4v) is 4.88. The summed E-state index contributed by atoms with van der Waals surface area (Å²) in [5.74, 6) is -0.292. The normalized spacial score (nSPS) is 12.3. The van der Waals surface area contributed by atoms with E-state index < -0.39 is 23.2 Å². The van der Waals surface area contributed by atoms with Crippen LogP contribution in [-0.4, -0.2) is 20.6 Å². The van der Waals surface area contributed by atoms with Gasteiger partial charge in [0.2, 0.25) is 0 Å². The van der Waals surface area contributed by atoms with E-state index in [1.165, 1.54) is 23.5 Å². The minimum absolute atomic E-state index is 0.260. The first-order valence-electron chi connectivity index (χ1n) is 10.5. The third-order valence-corrected chi connectivity index (χ3v) is 6.94. The first-order valence-corrected chi connectivity index (χ1v) is 11.3. The molecule has 34 heavy (non-hydrogen) atoms. The summed E-state index contributed by atoms with van der Waals surface area (Å²) < 4.78 is 46.2. The van der Waals surface area contributed by atoms with Gasteiger partial charge in [0, 0.05) is 22.2 Å². The highest BCUT2D eigenvalue weighted by Gasteiger charge is 2.32. The number of alkyl halides is 3. The van der Waals surface area contributed by atoms with Gasteiger partial charge in [-0.05, 0) is 64.1 Å². The Hall–Kier alpha value is -3.33. The Bertz CT molecular complexity index is 1370. The fourth-order valence-electron chi connectivity index (χ4n) is 3.89. The molecular weight excluding hydrogens is 465 g/mol.